The number of carbonyl (C=O) groups excluding carboxylic acids is 1. The Kier molecular flexibility index (Phi) is 2.48. The van der Waals surface area contributed by atoms with Crippen LogP contribution >= 0.6 is 23.1 Å². The summed E-state index contributed by atoms with van der Waals surface area (Å²) in [6, 6.07) is 3.73. The Morgan fingerprint density at radius 3 is 2.93 bits per heavy atom. The Bertz CT molecular complexity index is 490. The summed E-state index contributed by atoms with van der Waals surface area (Å²) >= 11 is 3.34. The van der Waals surface area contributed by atoms with Crippen LogP contribution in [0.2, 0.25) is 0 Å². The number of nitrogens with two attached hydrogens (primary N) is 1. The summed E-state index contributed by atoms with van der Waals surface area (Å²) in [5.41, 5.74) is 6.85. The van der Waals surface area contributed by atoms with E-state index in [4.69, 9.17) is 5.73 Å². The number of anilines is 1. The number of hydrogen-bond acceptors (Lipinski definition) is 4. The molecule has 0 aliphatic heterocycles. The molecular formula is C10H9NOS2. The van der Waals surface area contributed by atoms with Crippen molar-refractivity contribution in [3.8, 4) is 0 Å². The molecule has 1 aromatic heterocycles. The molecule has 2 aromatic rings. The number of aldehydes is 1. The van der Waals surface area contributed by atoms with Crippen molar-refractivity contribution >= 4 is 45.2 Å². The van der Waals surface area contributed by atoms with E-state index in [2.05, 4.69) is 5.38 Å². The highest BCUT2D eigenvalue weighted by Crippen LogP contribution is 2.34. The predicted molar refractivity (Wildman–Crippen MR) is 63.4 cm³/mol. The van der Waals surface area contributed by atoms with Crippen LogP contribution in [0.4, 0.5) is 5.69 Å². The standard InChI is InChI=1S/C10H9NOS2/c1-13-10-5-14-9-3-8(11)6(4-12)2-7(9)10/h2-5H,11H2,1H3. The van der Waals surface area contributed by atoms with Crippen LogP contribution in [0.3, 0.4) is 0 Å². The molecule has 14 heavy (non-hydrogen) atoms. The lowest BCUT2D eigenvalue weighted by Crippen LogP contribution is -1.91. The van der Waals surface area contributed by atoms with Gasteiger partial charge in [-0.3, -0.25) is 4.79 Å². The van der Waals surface area contributed by atoms with E-state index in [1.807, 2.05) is 18.4 Å². The van der Waals surface area contributed by atoms with Crippen LogP contribution in [0, 0.1) is 0 Å². The summed E-state index contributed by atoms with van der Waals surface area (Å²) in [6.07, 6.45) is 2.83. The quantitative estimate of drug-likeness (QED) is 0.483. The molecule has 0 amide bonds. The lowest BCUT2D eigenvalue weighted by molar-refractivity contribution is 0.112. The normalized spacial score (nSPS) is 10.6. The molecule has 2 N–H and O–H groups in total. The summed E-state index contributed by atoms with van der Waals surface area (Å²) in [6.45, 7) is 0. The summed E-state index contributed by atoms with van der Waals surface area (Å²) in [4.78, 5) is 11.9. The number of rotatable bonds is 2. The Balaban J connectivity index is 2.76. The van der Waals surface area contributed by atoms with Gasteiger partial charge >= 0.3 is 0 Å². The zero-order chi connectivity index (χ0) is 10.1. The summed E-state index contributed by atoms with van der Waals surface area (Å²) in [5, 5.41) is 3.21. The van der Waals surface area contributed by atoms with Gasteiger partial charge in [0, 0.05) is 31.6 Å². The molecule has 0 radical (unpaired) electrons. The molecule has 1 aromatic carbocycles. The van der Waals surface area contributed by atoms with E-state index in [0.29, 0.717) is 11.3 Å². The zero-order valence-corrected chi connectivity index (χ0v) is 9.24. The molecule has 4 heteroatoms. The topological polar surface area (TPSA) is 43.1 Å². The predicted octanol–water partition coefficient (Wildman–Crippen LogP) is 3.02. The molecule has 0 aliphatic carbocycles. The Labute approximate surface area is 90.1 Å². The van der Waals surface area contributed by atoms with Gasteiger partial charge in [-0.15, -0.1) is 23.1 Å². The Morgan fingerprint density at radius 2 is 2.29 bits per heavy atom. The first kappa shape index (κ1) is 9.55. The Morgan fingerprint density at radius 1 is 1.50 bits per heavy atom. The third-order valence-electron chi connectivity index (χ3n) is 2.09. The van der Waals surface area contributed by atoms with Crippen molar-refractivity contribution < 1.29 is 4.79 Å². The summed E-state index contributed by atoms with van der Waals surface area (Å²) in [5.74, 6) is 0. The fourth-order valence-corrected chi connectivity index (χ4v) is 3.18. The second-order valence-electron chi connectivity index (χ2n) is 2.90. The molecule has 0 saturated heterocycles. The highest BCUT2D eigenvalue weighted by molar-refractivity contribution is 7.99. The first-order valence-corrected chi connectivity index (χ1v) is 6.16. The van der Waals surface area contributed by atoms with E-state index >= 15 is 0 Å². The molecule has 1 heterocycles. The zero-order valence-electron chi connectivity index (χ0n) is 7.61. The van der Waals surface area contributed by atoms with Crippen LogP contribution in [0.1, 0.15) is 10.4 Å². The van der Waals surface area contributed by atoms with Crippen molar-refractivity contribution in [2.24, 2.45) is 0 Å². The third kappa shape index (κ3) is 1.40. The summed E-state index contributed by atoms with van der Waals surface area (Å²) in [7, 11) is 0. The SMILES string of the molecule is CSc1csc2cc(N)c(C=O)cc12. The second-order valence-corrected chi connectivity index (χ2v) is 4.66. The molecular weight excluding hydrogens is 214 g/mol. The number of thiophene rings is 1. The maximum Gasteiger partial charge on any atom is 0.152 e. The monoisotopic (exact) mass is 223 g/mol. The molecule has 0 spiro atoms. The van der Waals surface area contributed by atoms with E-state index < -0.39 is 0 Å². The van der Waals surface area contributed by atoms with Gasteiger partial charge in [0.2, 0.25) is 0 Å². The average Bonchev–Trinajstić information content (AvgIpc) is 2.58. The van der Waals surface area contributed by atoms with E-state index in [1.54, 1.807) is 23.1 Å². The van der Waals surface area contributed by atoms with E-state index in [0.717, 1.165) is 16.4 Å². The molecule has 0 saturated carbocycles. The molecule has 0 bridgehead atoms. The average molecular weight is 223 g/mol. The van der Waals surface area contributed by atoms with Crippen LogP contribution in [0.15, 0.2) is 22.4 Å². The van der Waals surface area contributed by atoms with Crippen molar-refractivity contribution in [1.82, 2.24) is 0 Å². The van der Waals surface area contributed by atoms with Crippen molar-refractivity contribution in [1.29, 1.82) is 0 Å². The van der Waals surface area contributed by atoms with Crippen LogP contribution in [0.25, 0.3) is 10.1 Å². The van der Waals surface area contributed by atoms with Crippen molar-refractivity contribution in [2.75, 3.05) is 12.0 Å². The molecule has 0 aliphatic rings. The molecule has 0 atom stereocenters. The van der Waals surface area contributed by atoms with E-state index in [9.17, 15) is 4.79 Å². The maximum atomic E-state index is 10.7. The lowest BCUT2D eigenvalue weighted by Gasteiger charge is -1.99. The van der Waals surface area contributed by atoms with Crippen molar-refractivity contribution in [3.63, 3.8) is 0 Å². The van der Waals surface area contributed by atoms with Crippen LogP contribution in [-0.4, -0.2) is 12.5 Å². The van der Waals surface area contributed by atoms with E-state index in [-0.39, 0.29) is 0 Å². The summed E-state index contributed by atoms with van der Waals surface area (Å²) < 4.78 is 1.14. The highest BCUT2D eigenvalue weighted by atomic mass is 32.2. The lowest BCUT2D eigenvalue weighted by atomic mass is 10.1. The molecule has 0 unspecified atom stereocenters. The number of carbonyl (C=O) groups is 1. The maximum absolute atomic E-state index is 10.7. The number of fused-ring (bicyclic) bond motifs is 1. The van der Waals surface area contributed by atoms with Crippen LogP contribution in [0.5, 0.6) is 0 Å². The minimum atomic E-state index is 0.557. The van der Waals surface area contributed by atoms with Gasteiger partial charge in [-0.2, -0.15) is 0 Å². The fourth-order valence-electron chi connectivity index (χ4n) is 1.34. The van der Waals surface area contributed by atoms with Gasteiger partial charge in [0.1, 0.15) is 0 Å². The van der Waals surface area contributed by atoms with Gasteiger partial charge in [-0.05, 0) is 18.4 Å². The van der Waals surface area contributed by atoms with Crippen LogP contribution in [-0.2, 0) is 0 Å². The molecule has 2 nitrogen and oxygen atoms in total. The van der Waals surface area contributed by atoms with Gasteiger partial charge in [0.25, 0.3) is 0 Å². The minimum Gasteiger partial charge on any atom is -0.398 e. The number of thioether (sulfide) groups is 1. The molecule has 72 valence electrons. The van der Waals surface area contributed by atoms with Crippen molar-refractivity contribution in [2.45, 2.75) is 4.90 Å². The first-order chi connectivity index (χ1) is 6.76. The van der Waals surface area contributed by atoms with Gasteiger partial charge in [-0.25, -0.2) is 0 Å². The van der Waals surface area contributed by atoms with Gasteiger partial charge in [0.05, 0.1) is 0 Å². The third-order valence-corrected chi connectivity index (χ3v) is 3.96. The smallest absolute Gasteiger partial charge is 0.152 e. The fraction of sp³-hybridized carbons (Fsp3) is 0.100. The van der Waals surface area contributed by atoms with Crippen molar-refractivity contribution in [3.05, 3.63) is 23.1 Å². The van der Waals surface area contributed by atoms with Gasteiger partial charge in [-0.1, -0.05) is 0 Å². The van der Waals surface area contributed by atoms with Gasteiger partial charge < -0.3 is 5.73 Å². The number of nitrogen functional groups attached to an aromatic ring is 1. The first-order valence-electron chi connectivity index (χ1n) is 4.06. The van der Waals surface area contributed by atoms with Gasteiger partial charge in [0.15, 0.2) is 6.29 Å². The minimum absolute atomic E-state index is 0.557. The largest absolute Gasteiger partial charge is 0.398 e. The molecule has 0 fully saturated rings. The second kappa shape index (κ2) is 3.63. The molecule has 2 rings (SSSR count). The highest BCUT2D eigenvalue weighted by Gasteiger charge is 2.06. The van der Waals surface area contributed by atoms with E-state index in [1.165, 1.54) is 4.90 Å². The van der Waals surface area contributed by atoms with Crippen LogP contribution < -0.4 is 5.73 Å². The number of hydrogen-bond donors (Lipinski definition) is 1. The Hall–Kier alpha value is -1.00. The number of benzene rings is 1.